The lowest BCUT2D eigenvalue weighted by atomic mass is 9.95. The van der Waals surface area contributed by atoms with Gasteiger partial charge in [-0.05, 0) is 61.4 Å². The van der Waals surface area contributed by atoms with Gasteiger partial charge in [0.25, 0.3) is 5.91 Å². The number of likely N-dealkylation sites (tertiary alicyclic amines) is 1. The van der Waals surface area contributed by atoms with Crippen LogP contribution < -0.4 is 5.32 Å². The van der Waals surface area contributed by atoms with Gasteiger partial charge in [0.15, 0.2) is 0 Å². The molecule has 4 aliphatic rings. The lowest BCUT2D eigenvalue weighted by Gasteiger charge is -2.42. The monoisotopic (exact) mass is 483 g/mol. The van der Waals surface area contributed by atoms with Crippen LogP contribution in [0, 0.1) is 23.7 Å². The van der Waals surface area contributed by atoms with Crippen molar-refractivity contribution in [3.63, 3.8) is 0 Å². The first kappa shape index (κ1) is 23.0. The van der Waals surface area contributed by atoms with Gasteiger partial charge in [-0.15, -0.1) is 0 Å². The van der Waals surface area contributed by atoms with Gasteiger partial charge in [-0.25, -0.2) is 0 Å². The lowest BCUT2D eigenvalue weighted by molar-refractivity contribution is -0.143. The molecule has 2 aromatic carbocycles. The van der Waals surface area contributed by atoms with Crippen LogP contribution in [0.25, 0.3) is 11.1 Å². The highest BCUT2D eigenvalue weighted by Gasteiger charge is 2.58. The summed E-state index contributed by atoms with van der Waals surface area (Å²) in [4.78, 5) is 34.8. The Labute approximate surface area is 212 Å². The van der Waals surface area contributed by atoms with Crippen LogP contribution in [0.5, 0.6) is 0 Å². The highest BCUT2D eigenvalue weighted by atomic mass is 16.2. The van der Waals surface area contributed by atoms with Gasteiger partial charge in [0, 0.05) is 61.0 Å². The van der Waals surface area contributed by atoms with E-state index in [1.165, 1.54) is 6.21 Å². The van der Waals surface area contributed by atoms with E-state index < -0.39 is 5.54 Å². The lowest BCUT2D eigenvalue weighted by Crippen LogP contribution is -2.56. The van der Waals surface area contributed by atoms with Gasteiger partial charge in [-0.3, -0.25) is 19.5 Å². The van der Waals surface area contributed by atoms with E-state index in [0.29, 0.717) is 12.5 Å². The average Bonchev–Trinajstić information content (AvgIpc) is 3.78. The first-order valence-electron chi connectivity index (χ1n) is 12.9. The summed E-state index contributed by atoms with van der Waals surface area (Å²) >= 11 is 0. The van der Waals surface area contributed by atoms with E-state index in [2.05, 4.69) is 43.4 Å². The Morgan fingerprint density at radius 2 is 1.83 bits per heavy atom. The molecule has 0 aromatic heterocycles. The first-order chi connectivity index (χ1) is 17.3. The predicted molar refractivity (Wildman–Crippen MR) is 142 cm³/mol. The number of amidine groups is 1. The molecule has 0 unspecified atom stereocenters. The number of hydrogen-bond donors (Lipinski definition) is 2. The summed E-state index contributed by atoms with van der Waals surface area (Å²) in [5.74, 6) is 1.48. The largest absolute Gasteiger partial charge is 0.388 e. The van der Waals surface area contributed by atoms with Gasteiger partial charge in [0.05, 0.1) is 0 Å². The van der Waals surface area contributed by atoms with E-state index in [-0.39, 0.29) is 17.2 Å². The number of rotatable bonds is 7. The molecule has 7 heteroatoms. The molecule has 2 aliphatic heterocycles. The van der Waals surface area contributed by atoms with Crippen molar-refractivity contribution < 1.29 is 9.59 Å². The number of nitrogens with zero attached hydrogens (tertiary/aromatic N) is 3. The first-order valence-corrected chi connectivity index (χ1v) is 12.9. The minimum atomic E-state index is -0.553. The number of carbonyl (C=O) groups is 2. The molecule has 3 fully saturated rings. The van der Waals surface area contributed by atoms with Crippen LogP contribution in [0.1, 0.15) is 49.3 Å². The second-order valence-electron chi connectivity index (χ2n) is 11.2. The Bertz CT molecular complexity index is 1310. The highest BCUT2D eigenvalue weighted by molar-refractivity contribution is 6.17. The molecule has 1 spiro atoms. The molecule has 2 saturated carbocycles. The van der Waals surface area contributed by atoms with Gasteiger partial charge in [0.1, 0.15) is 11.4 Å². The number of carbonyl (C=O) groups excluding carboxylic acids is 2. The van der Waals surface area contributed by atoms with E-state index >= 15 is 0 Å². The predicted octanol–water partition coefficient (Wildman–Crippen LogP) is 4.08. The maximum atomic E-state index is 13.4. The molecule has 0 radical (unpaired) electrons. The second-order valence-corrected chi connectivity index (χ2v) is 11.2. The van der Waals surface area contributed by atoms with Crippen molar-refractivity contribution in [2.24, 2.45) is 16.3 Å². The van der Waals surface area contributed by atoms with Gasteiger partial charge < -0.3 is 15.6 Å². The SMILES string of the molecule is CNc1ccc(-c2ccc(C3=NC4(CC4)C(=O)N3CC3CN(C(=O)C4(C)CC4)C3)c(C)c2)cc1C=N. The smallest absolute Gasteiger partial charge is 0.256 e. The van der Waals surface area contributed by atoms with Crippen molar-refractivity contribution in [1.29, 1.82) is 5.41 Å². The van der Waals surface area contributed by atoms with Crippen molar-refractivity contribution in [3.05, 3.63) is 53.1 Å². The zero-order valence-electron chi connectivity index (χ0n) is 21.2. The number of nitrogens with one attached hydrogen (secondary N) is 2. The maximum Gasteiger partial charge on any atom is 0.256 e. The number of anilines is 1. The van der Waals surface area contributed by atoms with Gasteiger partial charge in [-0.1, -0.05) is 31.2 Å². The molecule has 36 heavy (non-hydrogen) atoms. The molecule has 2 heterocycles. The molecule has 186 valence electrons. The normalized spacial score (nSPS) is 21.3. The van der Waals surface area contributed by atoms with Crippen molar-refractivity contribution >= 4 is 29.6 Å². The van der Waals surface area contributed by atoms with Gasteiger partial charge in [0.2, 0.25) is 5.91 Å². The standard InChI is InChI=1S/C29H33N5O2/c1-18-12-20(21-5-7-24(31-3)22(13-21)14-30)4-6-23(18)25-32-29(10-11-29)27(36)34(25)17-19-15-33(16-19)26(35)28(2)8-9-28/h4-7,12-14,19,30-31H,8-11,15-17H2,1-3H3. The van der Waals surface area contributed by atoms with Crippen LogP contribution in [0.15, 0.2) is 41.4 Å². The Balaban J connectivity index is 1.23. The van der Waals surface area contributed by atoms with Crippen molar-refractivity contribution in [3.8, 4) is 11.1 Å². The summed E-state index contributed by atoms with van der Waals surface area (Å²) in [7, 11) is 1.86. The number of benzene rings is 2. The van der Waals surface area contributed by atoms with Crippen LogP contribution in [0.4, 0.5) is 5.69 Å². The Kier molecular flexibility index (Phi) is 5.11. The summed E-state index contributed by atoms with van der Waals surface area (Å²) in [6.07, 6.45) is 4.99. The summed E-state index contributed by atoms with van der Waals surface area (Å²) < 4.78 is 0. The van der Waals surface area contributed by atoms with E-state index in [4.69, 9.17) is 10.4 Å². The summed E-state index contributed by atoms with van der Waals surface area (Å²) in [6.45, 7) is 6.21. The van der Waals surface area contributed by atoms with Gasteiger partial charge in [-0.2, -0.15) is 0 Å². The Morgan fingerprint density at radius 1 is 1.14 bits per heavy atom. The van der Waals surface area contributed by atoms with Crippen LogP contribution >= 0.6 is 0 Å². The molecule has 0 atom stereocenters. The zero-order chi connectivity index (χ0) is 25.2. The molecule has 2 N–H and O–H groups in total. The van der Waals surface area contributed by atoms with Crippen LogP contribution in [-0.2, 0) is 9.59 Å². The fourth-order valence-corrected chi connectivity index (χ4v) is 5.55. The average molecular weight is 484 g/mol. The summed E-state index contributed by atoms with van der Waals surface area (Å²) in [6, 6.07) is 12.4. The number of aryl methyl sites for hydroxylation is 1. The zero-order valence-corrected chi connectivity index (χ0v) is 21.2. The number of aliphatic imine (C=N–C) groups is 1. The van der Waals surface area contributed by atoms with E-state index in [1.807, 2.05) is 29.0 Å². The Morgan fingerprint density at radius 3 is 2.44 bits per heavy atom. The minimum Gasteiger partial charge on any atom is -0.388 e. The molecule has 1 saturated heterocycles. The summed E-state index contributed by atoms with van der Waals surface area (Å²) in [5, 5.41) is 10.9. The van der Waals surface area contributed by atoms with Crippen LogP contribution in [-0.4, -0.2) is 65.9 Å². The minimum absolute atomic E-state index is 0.123. The van der Waals surface area contributed by atoms with Gasteiger partial charge >= 0.3 is 0 Å². The number of amides is 2. The molecule has 7 nitrogen and oxygen atoms in total. The van der Waals surface area contributed by atoms with Crippen LogP contribution in [0.2, 0.25) is 0 Å². The topological polar surface area (TPSA) is 88.9 Å². The van der Waals surface area contributed by atoms with Crippen molar-refractivity contribution in [1.82, 2.24) is 9.80 Å². The quantitative estimate of drug-likeness (QED) is 0.582. The molecule has 2 amide bonds. The maximum absolute atomic E-state index is 13.4. The van der Waals surface area contributed by atoms with Crippen LogP contribution in [0.3, 0.4) is 0 Å². The molecule has 6 rings (SSSR count). The summed E-state index contributed by atoms with van der Waals surface area (Å²) in [5.41, 5.74) is 5.26. The van der Waals surface area contributed by atoms with Crippen molar-refractivity contribution in [2.45, 2.75) is 45.1 Å². The molecule has 2 aromatic rings. The highest BCUT2D eigenvalue weighted by Crippen LogP contribution is 2.48. The third kappa shape index (κ3) is 3.64. The second kappa shape index (κ2) is 8.02. The van der Waals surface area contributed by atoms with Crippen molar-refractivity contribution in [2.75, 3.05) is 32.0 Å². The fraction of sp³-hybridized carbons (Fsp3) is 0.448. The molecular formula is C29H33N5O2. The third-order valence-corrected chi connectivity index (χ3v) is 8.42. The number of hydrogen-bond acceptors (Lipinski definition) is 5. The fourth-order valence-electron chi connectivity index (χ4n) is 5.55. The van der Waals surface area contributed by atoms with E-state index in [0.717, 1.165) is 78.1 Å². The Hall–Kier alpha value is -3.48. The molecule has 2 aliphatic carbocycles. The van der Waals surface area contributed by atoms with E-state index in [1.54, 1.807) is 0 Å². The molecular weight excluding hydrogens is 450 g/mol. The van der Waals surface area contributed by atoms with E-state index in [9.17, 15) is 9.59 Å². The molecule has 0 bridgehead atoms. The third-order valence-electron chi connectivity index (χ3n) is 8.42.